The van der Waals surface area contributed by atoms with E-state index in [1.54, 1.807) is 16.3 Å². The lowest BCUT2D eigenvalue weighted by atomic mass is 10.1. The highest BCUT2D eigenvalue weighted by Gasteiger charge is 2.17. The van der Waals surface area contributed by atoms with Crippen molar-refractivity contribution < 1.29 is 0 Å². The normalized spacial score (nSPS) is 13.0. The van der Waals surface area contributed by atoms with Gasteiger partial charge in [-0.05, 0) is 48.6 Å². The van der Waals surface area contributed by atoms with Crippen molar-refractivity contribution in [1.29, 1.82) is 0 Å². The van der Waals surface area contributed by atoms with E-state index in [-0.39, 0.29) is 0 Å². The zero-order valence-electron chi connectivity index (χ0n) is 15.4. The van der Waals surface area contributed by atoms with Gasteiger partial charge in [0.05, 0.1) is 8.07 Å². The van der Waals surface area contributed by atoms with E-state index in [0.717, 1.165) is 17.2 Å². The Morgan fingerprint density at radius 3 is 1.86 bits per heavy atom. The van der Waals surface area contributed by atoms with Crippen LogP contribution in [0.15, 0.2) is 18.2 Å². The fraction of sp³-hybridized carbons (Fsp3) is 0.684. The SMILES string of the molecule is CCCCPCc1ccc([Si](C)(C)C)cc1CPCCCC. The molecule has 0 aliphatic rings. The fourth-order valence-electron chi connectivity index (χ4n) is 2.48. The molecule has 0 radical (unpaired) electrons. The van der Waals surface area contributed by atoms with Crippen LogP contribution in [-0.4, -0.2) is 20.4 Å². The van der Waals surface area contributed by atoms with Crippen molar-refractivity contribution in [3.8, 4) is 0 Å². The number of benzene rings is 1. The molecule has 0 saturated heterocycles. The maximum Gasteiger partial charge on any atom is 0.0776 e. The summed E-state index contributed by atoms with van der Waals surface area (Å²) in [5.74, 6) is 0. The van der Waals surface area contributed by atoms with Crippen LogP contribution in [-0.2, 0) is 12.3 Å². The fourth-order valence-corrected chi connectivity index (χ4v) is 6.44. The van der Waals surface area contributed by atoms with E-state index in [1.165, 1.54) is 50.3 Å². The highest BCUT2D eigenvalue weighted by atomic mass is 31.1. The predicted molar refractivity (Wildman–Crippen MR) is 113 cm³/mol. The van der Waals surface area contributed by atoms with E-state index in [4.69, 9.17) is 0 Å². The van der Waals surface area contributed by atoms with Gasteiger partial charge < -0.3 is 0 Å². The summed E-state index contributed by atoms with van der Waals surface area (Å²) in [6, 6.07) is 7.47. The number of unbranched alkanes of at least 4 members (excludes halogenated alkanes) is 2. The molecule has 0 amide bonds. The summed E-state index contributed by atoms with van der Waals surface area (Å²) in [6.07, 6.45) is 11.0. The van der Waals surface area contributed by atoms with Gasteiger partial charge in [0, 0.05) is 0 Å². The zero-order valence-corrected chi connectivity index (χ0v) is 18.4. The Balaban J connectivity index is 2.74. The maximum absolute atomic E-state index is 2.57. The number of hydrogen-bond donors (Lipinski definition) is 0. The van der Waals surface area contributed by atoms with E-state index >= 15 is 0 Å². The van der Waals surface area contributed by atoms with Gasteiger partial charge in [-0.3, -0.25) is 0 Å². The molecule has 0 spiro atoms. The van der Waals surface area contributed by atoms with Crippen LogP contribution < -0.4 is 5.19 Å². The van der Waals surface area contributed by atoms with Gasteiger partial charge in [0.25, 0.3) is 0 Å². The molecule has 22 heavy (non-hydrogen) atoms. The van der Waals surface area contributed by atoms with Crippen LogP contribution in [0.3, 0.4) is 0 Å². The van der Waals surface area contributed by atoms with Gasteiger partial charge in [-0.1, -0.05) is 69.7 Å². The first-order valence-electron chi connectivity index (χ1n) is 9.02. The highest BCUT2D eigenvalue weighted by molar-refractivity contribution is 7.37. The molecule has 3 heteroatoms. The van der Waals surface area contributed by atoms with Crippen molar-refractivity contribution in [3.05, 3.63) is 29.3 Å². The summed E-state index contributed by atoms with van der Waals surface area (Å²) in [6.45, 7) is 12.0. The third-order valence-corrected chi connectivity index (χ3v) is 8.84. The Morgan fingerprint density at radius 2 is 1.36 bits per heavy atom. The van der Waals surface area contributed by atoms with Crippen LogP contribution in [0.1, 0.15) is 50.7 Å². The predicted octanol–water partition coefficient (Wildman–Crippen LogP) is 6.19. The second kappa shape index (κ2) is 11.0. The van der Waals surface area contributed by atoms with Crippen molar-refractivity contribution in [1.82, 2.24) is 0 Å². The van der Waals surface area contributed by atoms with E-state index in [9.17, 15) is 0 Å². The molecule has 0 nitrogen and oxygen atoms in total. The van der Waals surface area contributed by atoms with Gasteiger partial charge in [-0.2, -0.15) is 0 Å². The molecule has 0 bridgehead atoms. The Kier molecular flexibility index (Phi) is 10.1. The minimum Gasteiger partial charge on any atom is -0.118 e. The quantitative estimate of drug-likeness (QED) is 0.252. The lowest BCUT2D eigenvalue weighted by Crippen LogP contribution is -2.37. The number of hydrogen-bond acceptors (Lipinski definition) is 0. The highest BCUT2D eigenvalue weighted by Crippen LogP contribution is 2.28. The van der Waals surface area contributed by atoms with Gasteiger partial charge in [-0.25, -0.2) is 0 Å². The van der Waals surface area contributed by atoms with E-state index < -0.39 is 8.07 Å². The van der Waals surface area contributed by atoms with Crippen molar-refractivity contribution in [3.63, 3.8) is 0 Å². The molecule has 1 aromatic carbocycles. The minimum absolute atomic E-state index is 1.12. The third-order valence-electron chi connectivity index (χ3n) is 4.12. The van der Waals surface area contributed by atoms with Crippen LogP contribution >= 0.6 is 17.2 Å². The van der Waals surface area contributed by atoms with Crippen LogP contribution in [0.25, 0.3) is 0 Å². The molecule has 0 heterocycles. The number of rotatable bonds is 11. The van der Waals surface area contributed by atoms with Crippen molar-refractivity contribution in [2.24, 2.45) is 0 Å². The Hall–Kier alpha value is 0.297. The molecular weight excluding hydrogens is 318 g/mol. The standard InChI is InChI=1S/C19H36P2Si/c1-6-8-12-20-15-17-10-11-19(22(3,4)5)14-18(17)16-21-13-9-7-2/h10-11,14,20-21H,6-9,12-13,15-16H2,1-5H3. The first-order valence-corrected chi connectivity index (χ1v) is 15.4. The molecule has 0 fully saturated rings. The molecule has 126 valence electrons. The maximum atomic E-state index is 2.57. The van der Waals surface area contributed by atoms with Gasteiger partial charge in [0.1, 0.15) is 0 Å². The summed E-state index contributed by atoms with van der Waals surface area (Å²) >= 11 is 0. The zero-order chi connectivity index (χ0) is 16.4. The van der Waals surface area contributed by atoms with Gasteiger partial charge in [-0.15, -0.1) is 17.2 Å². The van der Waals surface area contributed by atoms with E-state index in [2.05, 4.69) is 51.7 Å². The first-order chi connectivity index (χ1) is 10.5. The molecule has 0 N–H and O–H groups in total. The summed E-state index contributed by atoms with van der Waals surface area (Å²) in [5, 5.41) is 1.64. The van der Waals surface area contributed by atoms with Crippen LogP contribution in [0, 0.1) is 0 Å². The Bertz CT molecular complexity index is 424. The third kappa shape index (κ3) is 7.72. The second-order valence-electron chi connectivity index (χ2n) is 7.29. The average Bonchev–Trinajstić information content (AvgIpc) is 2.48. The average molecular weight is 355 g/mol. The molecule has 2 unspecified atom stereocenters. The van der Waals surface area contributed by atoms with E-state index in [0.29, 0.717) is 0 Å². The molecule has 1 rings (SSSR count). The molecular formula is C19H36P2Si. The molecule has 0 aliphatic carbocycles. The van der Waals surface area contributed by atoms with Gasteiger partial charge >= 0.3 is 0 Å². The summed E-state index contributed by atoms with van der Waals surface area (Å²) < 4.78 is 0. The van der Waals surface area contributed by atoms with Gasteiger partial charge in [0.15, 0.2) is 0 Å². The molecule has 0 saturated carbocycles. The molecule has 2 atom stereocenters. The summed E-state index contributed by atoms with van der Waals surface area (Å²) in [5.41, 5.74) is 3.33. The molecule has 0 aliphatic heterocycles. The minimum atomic E-state index is -1.18. The molecule has 1 aromatic rings. The summed E-state index contributed by atoms with van der Waals surface area (Å²) in [7, 11) is 1.05. The topological polar surface area (TPSA) is 0 Å². The smallest absolute Gasteiger partial charge is 0.0776 e. The van der Waals surface area contributed by atoms with E-state index in [1.807, 2.05) is 0 Å². The lowest BCUT2D eigenvalue weighted by Gasteiger charge is -2.20. The van der Waals surface area contributed by atoms with Crippen molar-refractivity contribution in [2.75, 3.05) is 12.3 Å². The monoisotopic (exact) mass is 354 g/mol. The Morgan fingerprint density at radius 1 is 0.818 bits per heavy atom. The van der Waals surface area contributed by atoms with Crippen molar-refractivity contribution >= 4 is 30.4 Å². The largest absolute Gasteiger partial charge is 0.118 e. The van der Waals surface area contributed by atoms with Crippen LogP contribution in [0.5, 0.6) is 0 Å². The van der Waals surface area contributed by atoms with Gasteiger partial charge in [0.2, 0.25) is 0 Å². The molecule has 0 aromatic heterocycles. The summed E-state index contributed by atoms with van der Waals surface area (Å²) in [4.78, 5) is 0. The van der Waals surface area contributed by atoms with Crippen LogP contribution in [0.2, 0.25) is 19.6 Å². The lowest BCUT2D eigenvalue weighted by molar-refractivity contribution is 0.892. The Labute approximate surface area is 143 Å². The van der Waals surface area contributed by atoms with Crippen molar-refractivity contribution in [2.45, 2.75) is 71.5 Å². The van der Waals surface area contributed by atoms with Crippen LogP contribution in [0.4, 0.5) is 0 Å². The first kappa shape index (κ1) is 20.3. The second-order valence-corrected chi connectivity index (χ2v) is 15.1.